The molecule has 1 aromatic carbocycles. The Morgan fingerprint density at radius 2 is 2.29 bits per heavy atom. The van der Waals surface area contributed by atoms with Gasteiger partial charge in [-0.05, 0) is 19.1 Å². The summed E-state index contributed by atoms with van der Waals surface area (Å²) in [6.07, 6.45) is 0.508. The number of nitro groups is 1. The lowest BCUT2D eigenvalue weighted by Crippen LogP contribution is -2.00. The van der Waals surface area contributed by atoms with Gasteiger partial charge in [0.1, 0.15) is 0 Å². The molecule has 0 saturated carbocycles. The predicted molar refractivity (Wildman–Crippen MR) is 61.4 cm³/mol. The van der Waals surface area contributed by atoms with Crippen LogP contribution < -0.4 is 4.74 Å². The van der Waals surface area contributed by atoms with Crippen LogP contribution in [0.25, 0.3) is 0 Å². The molecule has 0 spiro atoms. The molecule has 0 aliphatic heterocycles. The Morgan fingerprint density at radius 1 is 1.53 bits per heavy atom. The summed E-state index contributed by atoms with van der Waals surface area (Å²) < 4.78 is 5.25. The molecule has 0 aliphatic rings. The second-order valence-corrected chi connectivity index (χ2v) is 3.08. The van der Waals surface area contributed by atoms with E-state index < -0.39 is 4.92 Å². The molecule has 0 aromatic heterocycles. The summed E-state index contributed by atoms with van der Waals surface area (Å²) in [7, 11) is 0. The fourth-order valence-corrected chi connectivity index (χ4v) is 1.19. The lowest BCUT2D eigenvalue weighted by atomic mass is 10.2. The first-order valence-corrected chi connectivity index (χ1v) is 4.90. The second-order valence-electron chi connectivity index (χ2n) is 3.08. The zero-order valence-electron chi connectivity index (χ0n) is 9.27. The Hall–Kier alpha value is -2.53. The Balaban J connectivity index is 2.86. The SMILES string of the molecule is CC#CCCOc1ccc(C#N)cc1[N+](=O)[O-]. The van der Waals surface area contributed by atoms with E-state index in [9.17, 15) is 10.1 Å². The van der Waals surface area contributed by atoms with Crippen molar-refractivity contribution >= 4 is 5.69 Å². The van der Waals surface area contributed by atoms with Gasteiger partial charge in [0.25, 0.3) is 0 Å². The monoisotopic (exact) mass is 230 g/mol. The first kappa shape index (κ1) is 12.5. The summed E-state index contributed by atoms with van der Waals surface area (Å²) in [5, 5.41) is 19.4. The molecule has 0 radical (unpaired) electrons. The number of rotatable bonds is 4. The molecule has 1 aromatic rings. The number of hydrogen-bond donors (Lipinski definition) is 0. The summed E-state index contributed by atoms with van der Waals surface area (Å²) in [5.41, 5.74) is 0.0332. The van der Waals surface area contributed by atoms with Crippen molar-refractivity contribution in [3.63, 3.8) is 0 Å². The van der Waals surface area contributed by atoms with Crippen molar-refractivity contribution < 1.29 is 9.66 Å². The van der Waals surface area contributed by atoms with Crippen molar-refractivity contribution in [2.24, 2.45) is 0 Å². The maximum Gasteiger partial charge on any atom is 0.312 e. The van der Waals surface area contributed by atoms with Crippen molar-refractivity contribution in [3.8, 4) is 23.7 Å². The van der Waals surface area contributed by atoms with Crippen LogP contribution >= 0.6 is 0 Å². The van der Waals surface area contributed by atoms with E-state index >= 15 is 0 Å². The Morgan fingerprint density at radius 3 is 2.88 bits per heavy atom. The summed E-state index contributed by atoms with van der Waals surface area (Å²) in [4.78, 5) is 10.2. The first-order chi connectivity index (χ1) is 8.19. The predicted octanol–water partition coefficient (Wildman–Crippen LogP) is 2.26. The number of nitriles is 1. The fraction of sp³-hybridized carbons (Fsp3) is 0.250. The van der Waals surface area contributed by atoms with Gasteiger partial charge in [0.2, 0.25) is 0 Å². The van der Waals surface area contributed by atoms with E-state index in [1.54, 1.807) is 6.92 Å². The van der Waals surface area contributed by atoms with Crippen LogP contribution in [0, 0.1) is 33.3 Å². The second kappa shape index (κ2) is 6.14. The van der Waals surface area contributed by atoms with E-state index in [1.165, 1.54) is 18.2 Å². The van der Waals surface area contributed by atoms with E-state index in [-0.39, 0.29) is 23.6 Å². The van der Waals surface area contributed by atoms with Gasteiger partial charge in [0.05, 0.1) is 23.2 Å². The van der Waals surface area contributed by atoms with Gasteiger partial charge in [-0.15, -0.1) is 11.8 Å². The lowest BCUT2D eigenvalue weighted by molar-refractivity contribution is -0.385. The molecule has 0 aliphatic carbocycles. The molecule has 0 saturated heterocycles. The van der Waals surface area contributed by atoms with E-state index in [4.69, 9.17) is 10.00 Å². The number of hydrogen-bond acceptors (Lipinski definition) is 4. The smallest absolute Gasteiger partial charge is 0.312 e. The third-order valence-corrected chi connectivity index (χ3v) is 1.95. The van der Waals surface area contributed by atoms with Crippen LogP contribution in [0.3, 0.4) is 0 Å². The van der Waals surface area contributed by atoms with Crippen molar-refractivity contribution in [2.75, 3.05) is 6.61 Å². The molecule has 0 atom stereocenters. The highest BCUT2D eigenvalue weighted by Crippen LogP contribution is 2.27. The van der Waals surface area contributed by atoms with Crippen LogP contribution in [-0.2, 0) is 0 Å². The van der Waals surface area contributed by atoms with Crippen molar-refractivity contribution in [1.29, 1.82) is 5.26 Å². The number of ether oxygens (including phenoxy) is 1. The van der Waals surface area contributed by atoms with Gasteiger partial charge in [0, 0.05) is 12.5 Å². The standard InChI is InChI=1S/C12H10N2O3/c1-2-3-4-7-17-12-6-5-10(9-13)8-11(12)14(15)16/h5-6,8H,4,7H2,1H3. The molecule has 0 N–H and O–H groups in total. The molecular weight excluding hydrogens is 220 g/mol. The number of benzene rings is 1. The average molecular weight is 230 g/mol. The maximum absolute atomic E-state index is 10.8. The van der Waals surface area contributed by atoms with Crippen LogP contribution in [0.2, 0.25) is 0 Å². The highest BCUT2D eigenvalue weighted by Gasteiger charge is 2.15. The third kappa shape index (κ3) is 3.51. The minimum Gasteiger partial charge on any atom is -0.486 e. The summed E-state index contributed by atoms with van der Waals surface area (Å²) in [6.45, 7) is 2.00. The van der Waals surface area contributed by atoms with Crippen LogP contribution in [-0.4, -0.2) is 11.5 Å². The normalized spacial score (nSPS) is 8.71. The lowest BCUT2D eigenvalue weighted by Gasteiger charge is -2.04. The topological polar surface area (TPSA) is 76.2 Å². The number of nitrogens with zero attached hydrogens (tertiary/aromatic N) is 2. The highest BCUT2D eigenvalue weighted by molar-refractivity contribution is 5.51. The van der Waals surface area contributed by atoms with Gasteiger partial charge in [-0.3, -0.25) is 10.1 Å². The molecule has 0 amide bonds. The Labute approximate surface area is 98.8 Å². The third-order valence-electron chi connectivity index (χ3n) is 1.95. The van der Waals surface area contributed by atoms with Gasteiger partial charge in [-0.1, -0.05) is 0 Å². The molecule has 0 bridgehead atoms. The highest BCUT2D eigenvalue weighted by atomic mass is 16.6. The van der Waals surface area contributed by atoms with Gasteiger partial charge in [-0.25, -0.2) is 0 Å². The van der Waals surface area contributed by atoms with Crippen LogP contribution in [0.15, 0.2) is 18.2 Å². The van der Waals surface area contributed by atoms with Gasteiger partial charge < -0.3 is 4.74 Å². The van der Waals surface area contributed by atoms with Crippen molar-refractivity contribution in [2.45, 2.75) is 13.3 Å². The molecule has 0 fully saturated rings. The quantitative estimate of drug-likeness (QED) is 0.344. The number of nitro benzene ring substituents is 1. The summed E-state index contributed by atoms with van der Waals surface area (Å²) in [6, 6.07) is 5.95. The Kier molecular flexibility index (Phi) is 4.53. The molecule has 0 unspecified atom stereocenters. The van der Waals surface area contributed by atoms with Crippen molar-refractivity contribution in [1.82, 2.24) is 0 Å². The van der Waals surface area contributed by atoms with Crippen LogP contribution in [0.5, 0.6) is 5.75 Å². The molecule has 1 rings (SSSR count). The van der Waals surface area contributed by atoms with E-state index in [1.807, 2.05) is 6.07 Å². The zero-order chi connectivity index (χ0) is 12.7. The fourth-order valence-electron chi connectivity index (χ4n) is 1.19. The molecule has 86 valence electrons. The first-order valence-electron chi connectivity index (χ1n) is 4.90. The molecular formula is C12H10N2O3. The van der Waals surface area contributed by atoms with Crippen LogP contribution in [0.4, 0.5) is 5.69 Å². The zero-order valence-corrected chi connectivity index (χ0v) is 9.27. The Bertz CT molecular complexity index is 521. The molecule has 5 nitrogen and oxygen atoms in total. The largest absolute Gasteiger partial charge is 0.486 e. The average Bonchev–Trinajstić information content (AvgIpc) is 2.34. The minimum atomic E-state index is -0.568. The van der Waals surface area contributed by atoms with E-state index in [0.717, 1.165) is 0 Å². The molecule has 17 heavy (non-hydrogen) atoms. The molecule has 0 heterocycles. The van der Waals surface area contributed by atoms with E-state index in [0.29, 0.717) is 6.42 Å². The van der Waals surface area contributed by atoms with Crippen LogP contribution in [0.1, 0.15) is 18.9 Å². The molecule has 5 heteroatoms. The van der Waals surface area contributed by atoms with Gasteiger partial charge in [-0.2, -0.15) is 5.26 Å². The van der Waals surface area contributed by atoms with Gasteiger partial charge >= 0.3 is 5.69 Å². The van der Waals surface area contributed by atoms with E-state index in [2.05, 4.69) is 11.8 Å². The van der Waals surface area contributed by atoms with Gasteiger partial charge in [0.15, 0.2) is 5.75 Å². The van der Waals surface area contributed by atoms with Crippen molar-refractivity contribution in [3.05, 3.63) is 33.9 Å². The summed E-state index contributed by atoms with van der Waals surface area (Å²) in [5.74, 6) is 5.65. The minimum absolute atomic E-state index is 0.159. The maximum atomic E-state index is 10.8. The summed E-state index contributed by atoms with van der Waals surface area (Å²) >= 11 is 0.